The van der Waals surface area contributed by atoms with Crippen LogP contribution in [0, 0.1) is 6.92 Å². The average molecular weight is 455 g/mol. The van der Waals surface area contributed by atoms with Crippen molar-refractivity contribution in [1.82, 2.24) is 35.0 Å². The van der Waals surface area contributed by atoms with Crippen LogP contribution in [0.25, 0.3) is 5.82 Å². The van der Waals surface area contributed by atoms with Crippen LogP contribution in [0.3, 0.4) is 0 Å². The molecule has 3 aliphatic heterocycles. The summed E-state index contributed by atoms with van der Waals surface area (Å²) in [7, 11) is 0. The summed E-state index contributed by atoms with van der Waals surface area (Å²) in [5.74, 6) is 0.159. The van der Waals surface area contributed by atoms with Crippen LogP contribution in [-0.2, 0) is 14.3 Å². The number of carbonyl (C=O) groups is 2. The number of pyridine rings is 1. The molecule has 5 heterocycles. The van der Waals surface area contributed by atoms with Crippen LogP contribution in [0.5, 0.6) is 0 Å². The maximum atomic E-state index is 12.6. The van der Waals surface area contributed by atoms with Crippen molar-refractivity contribution in [1.29, 1.82) is 0 Å². The summed E-state index contributed by atoms with van der Waals surface area (Å²) >= 11 is 0. The fourth-order valence-electron chi connectivity index (χ4n) is 4.62. The molecule has 0 saturated carbocycles. The molecule has 1 N–H and O–H groups in total. The van der Waals surface area contributed by atoms with E-state index in [4.69, 9.17) is 9.47 Å². The number of hydrogen-bond acceptors (Lipinski definition) is 10. The number of β-amino-alcohol motifs (C(OH)–C–C–N with tert-alkyl or cyclic N) is 1. The molecule has 12 heteroatoms. The number of ether oxygens (including phenoxy) is 2. The van der Waals surface area contributed by atoms with Gasteiger partial charge in [0.25, 0.3) is 0 Å². The fourth-order valence-corrected chi connectivity index (χ4v) is 4.62. The number of cyclic esters (lactones) is 1. The van der Waals surface area contributed by atoms with Crippen molar-refractivity contribution in [2.75, 3.05) is 32.8 Å². The molecule has 2 saturated heterocycles. The molecule has 0 aromatic carbocycles. The number of hydrogen-bond donors (Lipinski definition) is 1. The van der Waals surface area contributed by atoms with E-state index in [-0.39, 0.29) is 6.61 Å². The molecule has 33 heavy (non-hydrogen) atoms. The highest BCUT2D eigenvalue weighted by Gasteiger charge is 2.44. The highest BCUT2D eigenvalue weighted by atomic mass is 16.6. The molecule has 12 nitrogen and oxygen atoms in total. The number of aliphatic hydroxyl groups is 1. The molecule has 0 aliphatic carbocycles. The summed E-state index contributed by atoms with van der Waals surface area (Å²) in [5, 5.41) is 21.9. The number of carbonyl (C=O) groups excluding carboxylic acids is 2. The lowest BCUT2D eigenvalue weighted by Gasteiger charge is -2.46. The minimum absolute atomic E-state index is 0.109. The first-order chi connectivity index (χ1) is 15.9. The van der Waals surface area contributed by atoms with Crippen molar-refractivity contribution >= 4 is 12.1 Å². The molecule has 1 amide bonds. The second-order valence-electron chi connectivity index (χ2n) is 8.61. The van der Waals surface area contributed by atoms with Crippen molar-refractivity contribution in [2.45, 2.75) is 37.9 Å². The molecule has 1 unspecified atom stereocenters. The highest BCUT2D eigenvalue weighted by molar-refractivity contribution is 5.86. The third-order valence-corrected chi connectivity index (χ3v) is 6.56. The van der Waals surface area contributed by atoms with E-state index in [1.165, 1.54) is 22.0 Å². The molecular formula is C21H25N7O5. The van der Waals surface area contributed by atoms with Crippen molar-refractivity contribution in [2.24, 2.45) is 0 Å². The SMILES string of the molecule is Cc1nc(-n2cnnn2)ccc1C(O)CN1CCC2(CC1)CCN(C1=CC(=O)OC1)C(=O)O2. The van der Waals surface area contributed by atoms with E-state index in [0.717, 1.165) is 5.56 Å². The van der Waals surface area contributed by atoms with Gasteiger partial charge in [-0.25, -0.2) is 14.6 Å². The number of nitrogens with zero attached hydrogens (tertiary/aromatic N) is 7. The Morgan fingerprint density at radius 2 is 1.97 bits per heavy atom. The van der Waals surface area contributed by atoms with Crippen LogP contribution in [0.15, 0.2) is 30.2 Å². The summed E-state index contributed by atoms with van der Waals surface area (Å²) in [6, 6.07) is 3.62. The van der Waals surface area contributed by atoms with Gasteiger partial charge in [0.05, 0.1) is 11.8 Å². The van der Waals surface area contributed by atoms with Gasteiger partial charge < -0.3 is 19.5 Å². The normalized spacial score (nSPS) is 21.6. The lowest BCUT2D eigenvalue weighted by atomic mass is 9.86. The van der Waals surface area contributed by atoms with Crippen molar-refractivity contribution in [3.8, 4) is 5.82 Å². The van der Waals surface area contributed by atoms with E-state index in [1.54, 1.807) is 6.07 Å². The van der Waals surface area contributed by atoms with Gasteiger partial charge in [-0.1, -0.05) is 6.07 Å². The molecule has 5 rings (SSSR count). The highest BCUT2D eigenvalue weighted by Crippen LogP contribution is 2.36. The number of aliphatic hydroxyl groups excluding tert-OH is 1. The van der Waals surface area contributed by atoms with E-state index in [0.29, 0.717) is 62.7 Å². The van der Waals surface area contributed by atoms with Gasteiger partial charge in [0.1, 0.15) is 18.5 Å². The molecule has 174 valence electrons. The van der Waals surface area contributed by atoms with Gasteiger partial charge in [-0.3, -0.25) is 4.90 Å². The molecule has 0 bridgehead atoms. The van der Waals surface area contributed by atoms with Gasteiger partial charge in [0, 0.05) is 62.8 Å². The van der Waals surface area contributed by atoms with Crippen LogP contribution >= 0.6 is 0 Å². The van der Waals surface area contributed by atoms with Gasteiger partial charge in [-0.2, -0.15) is 4.68 Å². The molecule has 2 fully saturated rings. The average Bonchev–Trinajstić information content (AvgIpc) is 3.48. The zero-order valence-corrected chi connectivity index (χ0v) is 18.3. The van der Waals surface area contributed by atoms with Crippen LogP contribution < -0.4 is 0 Å². The Morgan fingerprint density at radius 3 is 2.61 bits per heavy atom. The van der Waals surface area contributed by atoms with Crippen molar-refractivity contribution < 1.29 is 24.2 Å². The fraction of sp³-hybridized carbons (Fsp3) is 0.524. The number of rotatable bonds is 5. The zero-order chi connectivity index (χ0) is 23.0. The van der Waals surface area contributed by atoms with Crippen LogP contribution in [0.4, 0.5) is 4.79 Å². The smallest absolute Gasteiger partial charge is 0.414 e. The van der Waals surface area contributed by atoms with Gasteiger partial charge in [-0.15, -0.1) is 5.10 Å². The summed E-state index contributed by atoms with van der Waals surface area (Å²) in [5.41, 5.74) is 1.53. The third-order valence-electron chi connectivity index (χ3n) is 6.56. The van der Waals surface area contributed by atoms with E-state index in [2.05, 4.69) is 25.4 Å². The van der Waals surface area contributed by atoms with Crippen molar-refractivity contribution in [3.63, 3.8) is 0 Å². The predicted molar refractivity (Wildman–Crippen MR) is 112 cm³/mol. The number of tetrazole rings is 1. The van der Waals surface area contributed by atoms with Gasteiger partial charge in [0.2, 0.25) is 0 Å². The van der Waals surface area contributed by atoms with E-state index in [1.807, 2.05) is 13.0 Å². The standard InChI is InChI=1S/C21H25N7O5/c1-14-16(2-3-18(23-14)28-13-22-24-25-28)17(29)11-26-7-4-21(5-8-26)6-9-27(20(31)33-21)15-10-19(30)32-12-15/h2-3,10,13,17,29H,4-9,11-12H2,1H3. The molecule has 1 atom stereocenters. The van der Waals surface area contributed by atoms with Crippen LogP contribution in [0.2, 0.25) is 0 Å². The van der Waals surface area contributed by atoms with Crippen molar-refractivity contribution in [3.05, 3.63) is 41.5 Å². The zero-order valence-electron chi connectivity index (χ0n) is 18.3. The van der Waals surface area contributed by atoms with Gasteiger partial charge in [-0.05, 0) is 23.4 Å². The summed E-state index contributed by atoms with van der Waals surface area (Å²) in [6.45, 7) is 4.35. The Kier molecular flexibility index (Phi) is 5.54. The number of aryl methyl sites for hydroxylation is 1. The summed E-state index contributed by atoms with van der Waals surface area (Å²) in [6.07, 6.45) is 3.79. The lowest BCUT2D eigenvalue weighted by Crippen LogP contribution is -2.54. The van der Waals surface area contributed by atoms with Gasteiger partial charge in [0.15, 0.2) is 5.82 Å². The lowest BCUT2D eigenvalue weighted by molar-refractivity contribution is -0.135. The summed E-state index contributed by atoms with van der Waals surface area (Å²) in [4.78, 5) is 32.0. The Labute approximate surface area is 189 Å². The molecule has 0 radical (unpaired) electrons. The third kappa shape index (κ3) is 4.31. The first kappa shape index (κ1) is 21.5. The van der Waals surface area contributed by atoms with E-state index in [9.17, 15) is 14.7 Å². The number of aromatic nitrogens is 5. The van der Waals surface area contributed by atoms with Crippen LogP contribution in [-0.4, -0.2) is 90.5 Å². The Bertz CT molecular complexity index is 1080. The largest absolute Gasteiger partial charge is 0.456 e. The summed E-state index contributed by atoms with van der Waals surface area (Å²) < 4.78 is 12.2. The first-order valence-corrected chi connectivity index (χ1v) is 10.9. The van der Waals surface area contributed by atoms with E-state index >= 15 is 0 Å². The van der Waals surface area contributed by atoms with Crippen LogP contribution in [0.1, 0.15) is 36.6 Å². The molecule has 3 aliphatic rings. The number of likely N-dealkylation sites (tertiary alicyclic amines) is 1. The quantitative estimate of drug-likeness (QED) is 0.635. The first-order valence-electron chi connectivity index (χ1n) is 10.9. The number of esters is 1. The van der Waals surface area contributed by atoms with Gasteiger partial charge >= 0.3 is 12.1 Å². The second-order valence-corrected chi connectivity index (χ2v) is 8.61. The number of amides is 1. The predicted octanol–water partition coefficient (Wildman–Crippen LogP) is 0.517. The Balaban J connectivity index is 1.16. The number of piperidine rings is 1. The minimum atomic E-state index is -0.689. The minimum Gasteiger partial charge on any atom is -0.456 e. The second kappa shape index (κ2) is 8.52. The monoisotopic (exact) mass is 455 g/mol. The maximum Gasteiger partial charge on any atom is 0.414 e. The molecule has 1 spiro atoms. The molecule has 2 aromatic rings. The Hall–Kier alpha value is -3.38. The molecular weight excluding hydrogens is 430 g/mol. The maximum absolute atomic E-state index is 12.6. The van der Waals surface area contributed by atoms with E-state index < -0.39 is 23.8 Å². The Morgan fingerprint density at radius 1 is 1.18 bits per heavy atom. The topological polar surface area (TPSA) is 136 Å². The molecule has 2 aromatic heterocycles.